The molecule has 0 bridgehead atoms. The van der Waals surface area contributed by atoms with Crippen molar-refractivity contribution < 1.29 is 14.3 Å². The minimum atomic E-state index is -1.48. The van der Waals surface area contributed by atoms with Gasteiger partial charge in [0.2, 0.25) is 0 Å². The Kier molecular flexibility index (Phi) is 4.32. The van der Waals surface area contributed by atoms with Crippen molar-refractivity contribution in [3.8, 4) is 0 Å². The number of hydrogen-bond donors (Lipinski definition) is 0. The number of alkyl halides is 3. The van der Waals surface area contributed by atoms with Crippen LogP contribution in [0.2, 0.25) is 0 Å². The lowest BCUT2D eigenvalue weighted by Crippen LogP contribution is -2.32. The highest BCUT2D eigenvalue weighted by Gasteiger charge is 2.79. The molecule has 1 saturated carbocycles. The maximum Gasteiger partial charge on any atom is 0.320 e. The Morgan fingerprint density at radius 2 is 1.78 bits per heavy atom. The number of ketones is 1. The fourth-order valence-corrected chi connectivity index (χ4v) is 3.47. The molecule has 1 fully saturated rings. The second kappa shape index (κ2) is 4.84. The first kappa shape index (κ1) is 16.1. The summed E-state index contributed by atoms with van der Waals surface area (Å²) in [5.41, 5.74) is -1.72. The number of esters is 1. The van der Waals surface area contributed by atoms with Gasteiger partial charge in [-0.1, -0.05) is 48.7 Å². The van der Waals surface area contributed by atoms with Crippen LogP contribution in [0.25, 0.3) is 0 Å². The van der Waals surface area contributed by atoms with Crippen LogP contribution in [0.3, 0.4) is 0 Å². The van der Waals surface area contributed by atoms with Gasteiger partial charge in [0.05, 0.1) is 6.61 Å². The molecule has 1 aliphatic carbocycles. The van der Waals surface area contributed by atoms with Gasteiger partial charge >= 0.3 is 5.97 Å². The van der Waals surface area contributed by atoms with E-state index in [0.717, 1.165) is 0 Å². The third kappa shape index (κ3) is 2.37. The molecule has 0 unspecified atom stereocenters. The molecule has 0 amide bonds. The van der Waals surface area contributed by atoms with Crippen LogP contribution >= 0.6 is 34.8 Å². The van der Waals surface area contributed by atoms with Crippen molar-refractivity contribution in [2.45, 2.75) is 37.9 Å². The van der Waals surface area contributed by atoms with E-state index in [-0.39, 0.29) is 24.7 Å². The number of ether oxygens (including phenoxy) is 1. The summed E-state index contributed by atoms with van der Waals surface area (Å²) in [6.07, 6.45) is 0.156. The predicted molar refractivity (Wildman–Crippen MR) is 71.9 cm³/mol. The van der Waals surface area contributed by atoms with Gasteiger partial charge < -0.3 is 4.74 Å². The molecule has 18 heavy (non-hydrogen) atoms. The molecule has 2 atom stereocenters. The maximum absolute atomic E-state index is 12.1. The van der Waals surface area contributed by atoms with E-state index in [0.29, 0.717) is 0 Å². The fraction of sp³-hybridized carbons (Fsp3) is 0.833. The smallest absolute Gasteiger partial charge is 0.320 e. The molecular formula is C12H17Cl3O3. The molecule has 3 nitrogen and oxygen atoms in total. The van der Waals surface area contributed by atoms with E-state index in [1.54, 1.807) is 6.92 Å². The van der Waals surface area contributed by atoms with Crippen LogP contribution in [0.15, 0.2) is 0 Å². The van der Waals surface area contributed by atoms with E-state index in [2.05, 4.69) is 0 Å². The summed E-state index contributed by atoms with van der Waals surface area (Å²) in [6.45, 7) is 6.96. The lowest BCUT2D eigenvalue weighted by atomic mass is 9.92. The Hall–Kier alpha value is 0.01000. The monoisotopic (exact) mass is 314 g/mol. The topological polar surface area (TPSA) is 43.4 Å². The average molecular weight is 316 g/mol. The first-order chi connectivity index (χ1) is 8.01. The van der Waals surface area contributed by atoms with Crippen molar-refractivity contribution in [1.82, 2.24) is 0 Å². The molecule has 104 valence electrons. The van der Waals surface area contributed by atoms with E-state index in [4.69, 9.17) is 39.5 Å². The predicted octanol–water partition coefficient (Wildman–Crippen LogP) is 3.54. The van der Waals surface area contributed by atoms with E-state index >= 15 is 0 Å². The Labute approximate surface area is 122 Å². The van der Waals surface area contributed by atoms with Crippen LogP contribution in [0.1, 0.15) is 34.1 Å². The highest BCUT2D eigenvalue weighted by molar-refractivity contribution is 6.67. The number of Topliss-reactive ketones (excluding diaryl/α,β-unsaturated/α-hetero) is 1. The summed E-state index contributed by atoms with van der Waals surface area (Å²) in [5, 5.41) is 0. The van der Waals surface area contributed by atoms with Crippen molar-refractivity contribution >= 4 is 46.6 Å². The maximum atomic E-state index is 12.1. The van der Waals surface area contributed by atoms with E-state index in [9.17, 15) is 9.59 Å². The summed E-state index contributed by atoms with van der Waals surface area (Å²) in [6, 6.07) is 0. The molecule has 0 aliphatic heterocycles. The largest absolute Gasteiger partial charge is 0.465 e. The third-order valence-electron chi connectivity index (χ3n) is 3.92. The van der Waals surface area contributed by atoms with Crippen molar-refractivity contribution in [1.29, 1.82) is 0 Å². The second-order valence-corrected chi connectivity index (χ2v) is 7.69. The summed E-state index contributed by atoms with van der Waals surface area (Å²) < 4.78 is 3.54. The van der Waals surface area contributed by atoms with Crippen LogP contribution < -0.4 is 0 Å². The molecule has 6 heteroatoms. The second-order valence-electron chi connectivity index (χ2n) is 5.18. The zero-order valence-corrected chi connectivity index (χ0v) is 13.1. The van der Waals surface area contributed by atoms with Gasteiger partial charge in [-0.3, -0.25) is 9.59 Å². The highest BCUT2D eigenvalue weighted by atomic mass is 35.6. The average Bonchev–Trinajstić information content (AvgIpc) is 2.61. The fourth-order valence-electron chi connectivity index (χ4n) is 3.00. The zero-order chi connectivity index (χ0) is 14.4. The molecule has 0 aromatic rings. The van der Waals surface area contributed by atoms with Crippen LogP contribution in [0, 0.1) is 16.7 Å². The van der Waals surface area contributed by atoms with Crippen LogP contribution in [0.5, 0.6) is 0 Å². The van der Waals surface area contributed by atoms with Crippen LogP contribution in [-0.4, -0.2) is 22.2 Å². The first-order valence-corrected chi connectivity index (χ1v) is 6.90. The summed E-state index contributed by atoms with van der Waals surface area (Å²) in [7, 11) is 0. The summed E-state index contributed by atoms with van der Waals surface area (Å²) in [4.78, 5) is 24.0. The number of carbonyl (C=O) groups is 2. The summed E-state index contributed by atoms with van der Waals surface area (Å²) >= 11 is 17.3. The van der Waals surface area contributed by atoms with Crippen LogP contribution in [-0.2, 0) is 14.3 Å². The van der Waals surface area contributed by atoms with Gasteiger partial charge in [0.1, 0.15) is 11.2 Å². The first-order valence-electron chi connectivity index (χ1n) is 5.76. The normalized spacial score (nSPS) is 29.8. The number of hydrogen-bond acceptors (Lipinski definition) is 3. The Balaban J connectivity index is 3.08. The van der Waals surface area contributed by atoms with Gasteiger partial charge in [0.25, 0.3) is 0 Å². The SMILES string of the molecule is CCOC(=O)[C@@]1(C(C)=O)[C@H](CC(Cl)(Cl)Cl)C1(C)C. The lowest BCUT2D eigenvalue weighted by Gasteiger charge is -2.16. The van der Waals surface area contributed by atoms with E-state index in [1.165, 1.54) is 6.92 Å². The van der Waals surface area contributed by atoms with Crippen molar-refractivity contribution in [2.24, 2.45) is 16.7 Å². The molecule has 0 aromatic heterocycles. The van der Waals surface area contributed by atoms with Gasteiger partial charge in [0, 0.05) is 0 Å². The quantitative estimate of drug-likeness (QED) is 0.453. The molecule has 1 aliphatic rings. The molecular weight excluding hydrogens is 298 g/mol. The minimum absolute atomic E-state index is 0.156. The van der Waals surface area contributed by atoms with Crippen LogP contribution in [0.4, 0.5) is 0 Å². The summed E-state index contributed by atoms with van der Waals surface area (Å²) in [5.74, 6) is -1.05. The molecule has 0 N–H and O–H groups in total. The van der Waals surface area contributed by atoms with Gasteiger partial charge in [-0.05, 0) is 31.6 Å². The number of halogens is 3. The zero-order valence-electron chi connectivity index (χ0n) is 10.9. The molecule has 0 radical (unpaired) electrons. The van der Waals surface area contributed by atoms with Gasteiger partial charge in [-0.2, -0.15) is 0 Å². The molecule has 1 rings (SSSR count). The van der Waals surface area contributed by atoms with Crippen molar-refractivity contribution in [3.63, 3.8) is 0 Å². The lowest BCUT2D eigenvalue weighted by molar-refractivity contribution is -0.155. The van der Waals surface area contributed by atoms with Gasteiger partial charge in [-0.15, -0.1) is 0 Å². The van der Waals surface area contributed by atoms with Gasteiger partial charge in [0.15, 0.2) is 3.79 Å². The number of rotatable bonds is 4. The third-order valence-corrected chi connectivity index (χ3v) is 4.38. The van der Waals surface area contributed by atoms with Gasteiger partial charge in [-0.25, -0.2) is 0 Å². The van der Waals surface area contributed by atoms with E-state index in [1.807, 2.05) is 13.8 Å². The standard InChI is InChI=1S/C12H17Cl3O3/c1-5-18-9(17)12(7(2)16)8(10(12,3)4)6-11(13,14)15/h8H,5-6H2,1-4H3/t8-,12-/m1/s1. The molecule has 0 heterocycles. The Morgan fingerprint density at radius 1 is 1.28 bits per heavy atom. The Morgan fingerprint density at radius 3 is 2.11 bits per heavy atom. The molecule has 0 spiro atoms. The molecule has 0 aromatic carbocycles. The van der Waals surface area contributed by atoms with Crippen molar-refractivity contribution in [3.05, 3.63) is 0 Å². The molecule has 0 saturated heterocycles. The highest BCUT2D eigenvalue weighted by Crippen LogP contribution is 2.72. The number of carbonyl (C=O) groups excluding carboxylic acids is 2. The van der Waals surface area contributed by atoms with Crippen molar-refractivity contribution in [2.75, 3.05) is 6.61 Å². The Bertz CT molecular complexity index is 373. The minimum Gasteiger partial charge on any atom is -0.465 e. The van der Waals surface area contributed by atoms with E-state index < -0.39 is 20.6 Å².